The van der Waals surface area contributed by atoms with E-state index in [2.05, 4.69) is 46.2 Å². The van der Waals surface area contributed by atoms with E-state index in [1.807, 2.05) is 36.4 Å². The maximum absolute atomic E-state index is 13.1. The SMILES string of the molecule is N#Cc1ccccc1CN1CCc2ccc(C(=O)CCCC3CCN(Cc4ccccc4Cl)CC3)cc2CC1. The molecule has 0 unspecified atom stereocenters. The average molecular weight is 540 g/mol. The molecule has 202 valence electrons. The van der Waals surface area contributed by atoms with Crippen molar-refractivity contribution in [2.24, 2.45) is 5.92 Å². The van der Waals surface area contributed by atoms with Crippen molar-refractivity contribution in [3.63, 3.8) is 0 Å². The molecule has 0 atom stereocenters. The fourth-order valence-electron chi connectivity index (χ4n) is 6.11. The Labute approximate surface area is 238 Å². The fourth-order valence-corrected chi connectivity index (χ4v) is 6.30. The number of nitriles is 1. The molecule has 3 aromatic carbocycles. The summed E-state index contributed by atoms with van der Waals surface area (Å²) in [6.07, 6.45) is 7.06. The number of fused-ring (bicyclic) bond motifs is 1. The van der Waals surface area contributed by atoms with Crippen LogP contribution in [0.2, 0.25) is 5.02 Å². The maximum Gasteiger partial charge on any atom is 0.162 e. The number of nitrogens with zero attached hydrogens (tertiary/aromatic N) is 3. The van der Waals surface area contributed by atoms with Crippen molar-refractivity contribution in [3.05, 3.63) is 105 Å². The van der Waals surface area contributed by atoms with E-state index >= 15 is 0 Å². The van der Waals surface area contributed by atoms with Gasteiger partial charge in [0.05, 0.1) is 11.6 Å². The third-order valence-electron chi connectivity index (χ3n) is 8.53. The van der Waals surface area contributed by atoms with Crippen LogP contribution in [-0.2, 0) is 25.9 Å². The van der Waals surface area contributed by atoms with E-state index in [0.717, 1.165) is 86.7 Å². The molecule has 0 aliphatic carbocycles. The second kappa shape index (κ2) is 13.4. The van der Waals surface area contributed by atoms with Gasteiger partial charge in [0.1, 0.15) is 0 Å². The summed E-state index contributed by atoms with van der Waals surface area (Å²) in [5.74, 6) is 0.988. The minimum atomic E-state index is 0.276. The van der Waals surface area contributed by atoms with Crippen molar-refractivity contribution < 1.29 is 4.79 Å². The molecular weight excluding hydrogens is 502 g/mol. The first-order valence-corrected chi connectivity index (χ1v) is 14.8. The highest BCUT2D eigenvalue weighted by Crippen LogP contribution is 2.26. The number of rotatable bonds is 9. The van der Waals surface area contributed by atoms with E-state index in [1.165, 1.54) is 29.5 Å². The second-order valence-corrected chi connectivity index (χ2v) is 11.6. The van der Waals surface area contributed by atoms with Crippen molar-refractivity contribution in [2.45, 2.75) is 58.0 Å². The minimum absolute atomic E-state index is 0.276. The van der Waals surface area contributed by atoms with Gasteiger partial charge in [-0.25, -0.2) is 0 Å². The van der Waals surface area contributed by atoms with Crippen LogP contribution in [0.15, 0.2) is 66.7 Å². The Morgan fingerprint density at radius 3 is 2.28 bits per heavy atom. The zero-order valence-electron chi connectivity index (χ0n) is 22.7. The van der Waals surface area contributed by atoms with E-state index in [9.17, 15) is 10.1 Å². The largest absolute Gasteiger partial charge is 0.299 e. The van der Waals surface area contributed by atoms with Gasteiger partial charge in [-0.1, -0.05) is 60.1 Å². The molecule has 0 aromatic heterocycles. The first-order chi connectivity index (χ1) is 19.1. The molecule has 2 aliphatic rings. The lowest BCUT2D eigenvalue weighted by Crippen LogP contribution is -2.33. The Morgan fingerprint density at radius 1 is 0.846 bits per heavy atom. The van der Waals surface area contributed by atoms with E-state index in [0.29, 0.717) is 12.3 Å². The van der Waals surface area contributed by atoms with Crippen molar-refractivity contribution in [1.29, 1.82) is 5.26 Å². The molecule has 3 aromatic rings. The van der Waals surface area contributed by atoms with Crippen molar-refractivity contribution in [3.8, 4) is 6.07 Å². The summed E-state index contributed by atoms with van der Waals surface area (Å²) in [5.41, 5.74) is 6.59. The molecule has 0 radical (unpaired) electrons. The highest BCUT2D eigenvalue weighted by Gasteiger charge is 2.21. The predicted octanol–water partition coefficient (Wildman–Crippen LogP) is 7.08. The summed E-state index contributed by atoms with van der Waals surface area (Å²) in [5, 5.41) is 10.3. The van der Waals surface area contributed by atoms with E-state index < -0.39 is 0 Å². The number of Topliss-reactive ketones (excluding diaryl/α,β-unsaturated/α-hetero) is 1. The molecule has 1 saturated heterocycles. The number of carbonyl (C=O) groups excluding carboxylic acids is 1. The molecule has 5 heteroatoms. The Kier molecular flexibility index (Phi) is 9.48. The Bertz CT molecular complexity index is 1320. The molecule has 5 rings (SSSR count). The van der Waals surface area contributed by atoms with E-state index in [1.54, 1.807) is 0 Å². The molecule has 1 fully saturated rings. The van der Waals surface area contributed by atoms with Crippen molar-refractivity contribution >= 4 is 17.4 Å². The maximum atomic E-state index is 13.1. The van der Waals surface area contributed by atoms with Crippen LogP contribution < -0.4 is 0 Å². The van der Waals surface area contributed by atoms with Crippen molar-refractivity contribution in [1.82, 2.24) is 9.80 Å². The number of benzene rings is 3. The average Bonchev–Trinajstić information content (AvgIpc) is 3.17. The molecule has 0 spiro atoms. The van der Waals surface area contributed by atoms with Crippen LogP contribution >= 0.6 is 11.6 Å². The quantitative estimate of drug-likeness (QED) is 0.273. The Morgan fingerprint density at radius 2 is 1.51 bits per heavy atom. The van der Waals surface area contributed by atoms with Gasteiger partial charge < -0.3 is 0 Å². The lowest BCUT2D eigenvalue weighted by Gasteiger charge is -2.32. The summed E-state index contributed by atoms with van der Waals surface area (Å²) in [4.78, 5) is 18.0. The van der Waals surface area contributed by atoms with Crippen LogP contribution in [0.25, 0.3) is 0 Å². The summed E-state index contributed by atoms with van der Waals surface area (Å²) < 4.78 is 0. The molecule has 0 bridgehead atoms. The van der Waals surface area contributed by atoms with Gasteiger partial charge in [-0.15, -0.1) is 0 Å². The van der Waals surface area contributed by atoms with Crippen LogP contribution in [0, 0.1) is 17.2 Å². The van der Waals surface area contributed by atoms with E-state index in [-0.39, 0.29) is 5.78 Å². The van der Waals surface area contributed by atoms with Gasteiger partial charge in [-0.05, 0) is 98.0 Å². The minimum Gasteiger partial charge on any atom is -0.299 e. The number of ketones is 1. The smallest absolute Gasteiger partial charge is 0.162 e. The highest BCUT2D eigenvalue weighted by molar-refractivity contribution is 6.31. The van der Waals surface area contributed by atoms with Crippen LogP contribution in [0.4, 0.5) is 0 Å². The first-order valence-electron chi connectivity index (χ1n) is 14.4. The monoisotopic (exact) mass is 539 g/mol. The van der Waals surface area contributed by atoms with Crippen LogP contribution in [0.1, 0.15) is 70.3 Å². The fraction of sp³-hybridized carbons (Fsp3) is 0.412. The second-order valence-electron chi connectivity index (χ2n) is 11.2. The molecule has 39 heavy (non-hydrogen) atoms. The topological polar surface area (TPSA) is 47.3 Å². The molecule has 0 N–H and O–H groups in total. The summed E-state index contributed by atoms with van der Waals surface area (Å²) in [7, 11) is 0. The number of likely N-dealkylation sites (tertiary alicyclic amines) is 1. The van der Waals surface area contributed by atoms with Gasteiger partial charge in [0, 0.05) is 43.2 Å². The number of halogens is 1. The zero-order chi connectivity index (χ0) is 27.0. The van der Waals surface area contributed by atoms with Crippen LogP contribution in [0.3, 0.4) is 0 Å². The van der Waals surface area contributed by atoms with Gasteiger partial charge in [0.15, 0.2) is 5.78 Å². The van der Waals surface area contributed by atoms with Gasteiger partial charge in [-0.3, -0.25) is 14.6 Å². The normalized spacial score (nSPS) is 16.8. The Balaban J connectivity index is 1.06. The molecule has 2 aliphatic heterocycles. The number of hydrogen-bond acceptors (Lipinski definition) is 4. The first kappa shape index (κ1) is 27.6. The molecule has 0 amide bonds. The molecule has 4 nitrogen and oxygen atoms in total. The summed E-state index contributed by atoms with van der Waals surface area (Å²) in [6.45, 7) is 5.84. The zero-order valence-corrected chi connectivity index (χ0v) is 23.5. The summed E-state index contributed by atoms with van der Waals surface area (Å²) in [6, 6.07) is 24.7. The lowest BCUT2D eigenvalue weighted by molar-refractivity contribution is 0.0974. The third-order valence-corrected chi connectivity index (χ3v) is 8.90. The van der Waals surface area contributed by atoms with Gasteiger partial charge in [0.2, 0.25) is 0 Å². The van der Waals surface area contributed by atoms with Crippen molar-refractivity contribution in [2.75, 3.05) is 26.2 Å². The number of hydrogen-bond donors (Lipinski definition) is 0. The summed E-state index contributed by atoms with van der Waals surface area (Å²) >= 11 is 6.34. The molecule has 2 heterocycles. The van der Waals surface area contributed by atoms with Crippen LogP contribution in [0.5, 0.6) is 0 Å². The molecule has 0 saturated carbocycles. The lowest BCUT2D eigenvalue weighted by atomic mass is 9.90. The van der Waals surface area contributed by atoms with Gasteiger partial charge >= 0.3 is 0 Å². The number of carbonyl (C=O) groups is 1. The predicted molar refractivity (Wildman–Crippen MR) is 158 cm³/mol. The van der Waals surface area contributed by atoms with Gasteiger partial charge in [-0.2, -0.15) is 5.26 Å². The Hall–Kier alpha value is -2.97. The third kappa shape index (κ3) is 7.37. The number of piperidine rings is 1. The highest BCUT2D eigenvalue weighted by atomic mass is 35.5. The van der Waals surface area contributed by atoms with Crippen LogP contribution in [-0.4, -0.2) is 41.8 Å². The van der Waals surface area contributed by atoms with Gasteiger partial charge in [0.25, 0.3) is 0 Å². The molecular formula is C34H38ClN3O. The standard InChI is InChI=1S/C34H38ClN3O/c35-33-10-4-3-9-32(33)25-37-18-14-26(15-19-37)6-5-11-34(39)29-13-12-27-16-20-38(21-17-28(27)22-29)24-31-8-2-1-7-30(31)23-36/h1-4,7-10,12-13,22,26H,5-6,11,14-21,24-25H2. The van der Waals surface area contributed by atoms with E-state index in [4.69, 9.17) is 11.6 Å².